The third-order valence-corrected chi connectivity index (χ3v) is 5.89. The van der Waals surface area contributed by atoms with Crippen LogP contribution >= 0.6 is 11.6 Å². The number of ether oxygens (including phenoxy) is 1. The van der Waals surface area contributed by atoms with Gasteiger partial charge in [0.1, 0.15) is 11.9 Å². The van der Waals surface area contributed by atoms with Gasteiger partial charge in [-0.25, -0.2) is 8.42 Å². The van der Waals surface area contributed by atoms with Crippen LogP contribution < -0.4 is 14.4 Å². The van der Waals surface area contributed by atoms with Crippen molar-refractivity contribution in [1.82, 2.24) is 0 Å². The summed E-state index contributed by atoms with van der Waals surface area (Å²) in [5, 5.41) is 0.473. The Morgan fingerprint density at radius 2 is 2.00 bits per heavy atom. The lowest BCUT2D eigenvalue weighted by molar-refractivity contribution is -0.117. The van der Waals surface area contributed by atoms with E-state index >= 15 is 0 Å². The van der Waals surface area contributed by atoms with E-state index < -0.39 is 10.0 Å². The maximum atomic E-state index is 12.7. The first-order chi connectivity index (χ1) is 12.2. The lowest BCUT2D eigenvalue weighted by Gasteiger charge is -2.33. The number of carbonyl (C=O) groups excluding carboxylic acids is 1. The normalized spacial score (nSPS) is 16.6. The highest BCUT2D eigenvalue weighted by Crippen LogP contribution is 2.36. The monoisotopic (exact) mass is 394 g/mol. The summed E-state index contributed by atoms with van der Waals surface area (Å²) in [4.78, 5) is 13.5. The second kappa shape index (κ2) is 6.81. The van der Waals surface area contributed by atoms with E-state index in [0.29, 0.717) is 28.7 Å². The number of nitrogens with one attached hydrogen (secondary N) is 1. The molecular weight excluding hydrogens is 376 g/mol. The molecular formula is C18H19ClN2O4S. The highest BCUT2D eigenvalue weighted by atomic mass is 35.5. The topological polar surface area (TPSA) is 75.7 Å². The van der Waals surface area contributed by atoms with E-state index in [4.69, 9.17) is 16.3 Å². The molecule has 1 N–H and O–H groups in total. The largest absolute Gasteiger partial charge is 0.487 e. The predicted octanol–water partition coefficient (Wildman–Crippen LogP) is 3.58. The van der Waals surface area contributed by atoms with Crippen LogP contribution in [0.4, 0.5) is 11.4 Å². The number of carbonyl (C=O) groups is 1. The molecule has 2 aromatic rings. The Kier molecular flexibility index (Phi) is 4.86. The van der Waals surface area contributed by atoms with Crippen LogP contribution in [0.5, 0.6) is 5.75 Å². The maximum Gasteiger partial charge on any atom is 0.261 e. The Morgan fingerprint density at radius 3 is 2.65 bits per heavy atom. The summed E-state index contributed by atoms with van der Waals surface area (Å²) in [5.41, 5.74) is 1.67. The maximum absolute atomic E-state index is 12.7. The molecule has 0 aromatic heterocycles. The van der Waals surface area contributed by atoms with Crippen molar-refractivity contribution in [1.29, 1.82) is 0 Å². The van der Waals surface area contributed by atoms with E-state index in [-0.39, 0.29) is 16.9 Å². The van der Waals surface area contributed by atoms with Crippen LogP contribution in [0.3, 0.4) is 0 Å². The Balaban J connectivity index is 1.97. The van der Waals surface area contributed by atoms with Gasteiger partial charge < -0.3 is 9.64 Å². The molecule has 3 rings (SSSR count). The molecule has 0 saturated heterocycles. The molecule has 26 heavy (non-hydrogen) atoms. The van der Waals surface area contributed by atoms with Gasteiger partial charge in [0.25, 0.3) is 10.0 Å². The van der Waals surface area contributed by atoms with E-state index in [1.807, 2.05) is 13.8 Å². The van der Waals surface area contributed by atoms with Crippen LogP contribution in [0.15, 0.2) is 41.3 Å². The van der Waals surface area contributed by atoms with Crippen LogP contribution in [-0.4, -0.2) is 27.0 Å². The van der Waals surface area contributed by atoms with Crippen molar-refractivity contribution in [3.8, 4) is 5.75 Å². The van der Waals surface area contributed by atoms with Gasteiger partial charge in [-0.15, -0.1) is 0 Å². The Hall–Kier alpha value is -2.25. The number of halogens is 1. The van der Waals surface area contributed by atoms with Crippen LogP contribution in [0, 0.1) is 6.92 Å². The number of hydrogen-bond donors (Lipinski definition) is 1. The van der Waals surface area contributed by atoms with Crippen molar-refractivity contribution >= 4 is 38.9 Å². The van der Waals surface area contributed by atoms with Crippen LogP contribution in [0.2, 0.25) is 5.02 Å². The van der Waals surface area contributed by atoms with Crippen molar-refractivity contribution in [3.63, 3.8) is 0 Å². The molecule has 8 heteroatoms. The number of nitrogens with zero attached hydrogens (tertiary/aromatic N) is 1. The molecule has 1 amide bonds. The summed E-state index contributed by atoms with van der Waals surface area (Å²) in [7, 11) is -3.84. The minimum atomic E-state index is -3.84. The van der Waals surface area contributed by atoms with Gasteiger partial charge in [0.05, 0.1) is 22.8 Å². The lowest BCUT2D eigenvalue weighted by atomic mass is 10.2. The summed E-state index contributed by atoms with van der Waals surface area (Å²) in [6.07, 6.45) is -0.165. The Labute approximate surface area is 157 Å². The minimum Gasteiger partial charge on any atom is -0.487 e. The molecule has 0 spiro atoms. The van der Waals surface area contributed by atoms with Crippen LogP contribution in [0.1, 0.15) is 19.4 Å². The molecule has 6 nitrogen and oxygen atoms in total. The fraction of sp³-hybridized carbons (Fsp3) is 0.278. The zero-order valence-corrected chi connectivity index (χ0v) is 16.2. The first kappa shape index (κ1) is 18.5. The van der Waals surface area contributed by atoms with Gasteiger partial charge in [0.2, 0.25) is 5.91 Å². The third-order valence-electron chi connectivity index (χ3n) is 4.10. The fourth-order valence-electron chi connectivity index (χ4n) is 2.75. The number of rotatable bonds is 3. The van der Waals surface area contributed by atoms with Crippen molar-refractivity contribution in [3.05, 3.63) is 47.0 Å². The van der Waals surface area contributed by atoms with E-state index in [2.05, 4.69) is 4.72 Å². The fourth-order valence-corrected chi connectivity index (χ4v) is 4.00. The summed E-state index contributed by atoms with van der Waals surface area (Å²) in [5.74, 6) is 0.311. The summed E-state index contributed by atoms with van der Waals surface area (Å²) in [6, 6.07) is 9.40. The first-order valence-electron chi connectivity index (χ1n) is 8.05. The number of sulfonamides is 1. The van der Waals surface area contributed by atoms with Gasteiger partial charge in [0.15, 0.2) is 0 Å². The SMILES string of the molecule is CC(=O)N1CC(C)Oc2ccc(S(=O)(=O)Nc3ccc(C)c(Cl)c3)cc21. The van der Waals surface area contributed by atoms with Gasteiger partial charge in [-0.2, -0.15) is 0 Å². The molecule has 1 aliphatic heterocycles. The third kappa shape index (κ3) is 3.64. The van der Waals surface area contributed by atoms with Crippen molar-refractivity contribution in [2.24, 2.45) is 0 Å². The van der Waals surface area contributed by atoms with Gasteiger partial charge in [-0.3, -0.25) is 9.52 Å². The van der Waals surface area contributed by atoms with Gasteiger partial charge >= 0.3 is 0 Å². The second-order valence-electron chi connectivity index (χ2n) is 6.26. The van der Waals surface area contributed by atoms with Gasteiger partial charge in [-0.05, 0) is 49.7 Å². The molecule has 0 fully saturated rings. The summed E-state index contributed by atoms with van der Waals surface area (Å²) < 4.78 is 33.7. The number of aryl methyl sites for hydroxylation is 1. The highest BCUT2D eigenvalue weighted by molar-refractivity contribution is 7.92. The summed E-state index contributed by atoms with van der Waals surface area (Å²) >= 11 is 6.06. The predicted molar refractivity (Wildman–Crippen MR) is 102 cm³/mol. The smallest absolute Gasteiger partial charge is 0.261 e. The molecule has 1 heterocycles. The van der Waals surface area contributed by atoms with E-state index in [1.54, 1.807) is 24.3 Å². The zero-order valence-electron chi connectivity index (χ0n) is 14.6. The molecule has 0 aliphatic carbocycles. The zero-order chi connectivity index (χ0) is 19.1. The molecule has 138 valence electrons. The standard InChI is InChI=1S/C18H19ClN2O4S/c1-11-4-5-14(8-16(11)19)20-26(23,24)15-6-7-18-17(9-15)21(13(3)22)10-12(2)25-18/h4-9,12,20H,10H2,1-3H3. The lowest BCUT2D eigenvalue weighted by Crippen LogP contribution is -2.41. The number of amides is 1. The first-order valence-corrected chi connectivity index (χ1v) is 9.91. The molecule has 0 radical (unpaired) electrons. The van der Waals surface area contributed by atoms with Gasteiger partial charge in [-0.1, -0.05) is 17.7 Å². The molecule has 1 aliphatic rings. The van der Waals surface area contributed by atoms with E-state index in [0.717, 1.165) is 5.56 Å². The van der Waals surface area contributed by atoms with Crippen LogP contribution in [-0.2, 0) is 14.8 Å². The molecule has 2 aromatic carbocycles. The summed E-state index contributed by atoms with van der Waals surface area (Å²) in [6.45, 7) is 5.50. The Morgan fingerprint density at radius 1 is 1.27 bits per heavy atom. The number of anilines is 2. The Bertz CT molecular complexity index is 975. The number of benzene rings is 2. The highest BCUT2D eigenvalue weighted by Gasteiger charge is 2.28. The average Bonchev–Trinajstić information content (AvgIpc) is 2.56. The van der Waals surface area contributed by atoms with Crippen LogP contribution in [0.25, 0.3) is 0 Å². The van der Waals surface area contributed by atoms with E-state index in [1.165, 1.54) is 24.0 Å². The average molecular weight is 395 g/mol. The molecule has 1 atom stereocenters. The minimum absolute atomic E-state index is 0.0392. The second-order valence-corrected chi connectivity index (χ2v) is 8.35. The molecule has 0 bridgehead atoms. The van der Waals surface area contributed by atoms with Crippen molar-refractivity contribution in [2.45, 2.75) is 31.8 Å². The van der Waals surface area contributed by atoms with E-state index in [9.17, 15) is 13.2 Å². The van der Waals surface area contributed by atoms with Gasteiger partial charge in [0, 0.05) is 11.9 Å². The number of fused-ring (bicyclic) bond motifs is 1. The van der Waals surface area contributed by atoms with Crippen molar-refractivity contribution in [2.75, 3.05) is 16.2 Å². The molecule has 1 unspecified atom stereocenters. The van der Waals surface area contributed by atoms with Crippen molar-refractivity contribution < 1.29 is 17.9 Å². The molecule has 0 saturated carbocycles. The quantitative estimate of drug-likeness (QED) is 0.863. The number of hydrogen-bond acceptors (Lipinski definition) is 4.